The van der Waals surface area contributed by atoms with Crippen LogP contribution < -0.4 is 5.32 Å². The summed E-state index contributed by atoms with van der Waals surface area (Å²) >= 11 is 1.56. The molecule has 0 saturated carbocycles. The third-order valence-electron chi connectivity index (χ3n) is 3.82. The van der Waals surface area contributed by atoms with Crippen LogP contribution in [-0.2, 0) is 23.6 Å². The number of amides is 2. The summed E-state index contributed by atoms with van der Waals surface area (Å²) in [5, 5.41) is 3.59. The first kappa shape index (κ1) is 17.4. The molecule has 1 atom stereocenters. The van der Waals surface area contributed by atoms with Crippen molar-refractivity contribution in [3.8, 4) is 0 Å². The molecule has 0 bridgehead atoms. The molecule has 0 spiro atoms. The molecule has 1 aliphatic rings. The summed E-state index contributed by atoms with van der Waals surface area (Å²) in [5.41, 5.74) is 1.10. The van der Waals surface area contributed by atoms with Gasteiger partial charge in [-0.15, -0.1) is 11.3 Å². The summed E-state index contributed by atoms with van der Waals surface area (Å²) < 4.78 is 11.6. The van der Waals surface area contributed by atoms with Crippen LogP contribution in [0.5, 0.6) is 0 Å². The largest absolute Gasteiger partial charge is 0.323 e. The van der Waals surface area contributed by atoms with E-state index in [9.17, 15) is 9.00 Å². The standard InChI is InChI=1S/C15H25N3O2S2/c1-5-7-11-12(6-2)21-13(16-11)17-14(19)18-8-9-22(20)15(3,4)10-18/h5-10H2,1-4H3,(H,16,17,19)/t22-/m1/s1. The average Bonchev–Trinajstić information content (AvgIpc) is 2.84. The minimum absolute atomic E-state index is 0.135. The van der Waals surface area contributed by atoms with E-state index in [-0.39, 0.29) is 10.8 Å². The molecule has 1 aromatic heterocycles. The van der Waals surface area contributed by atoms with Crippen LogP contribution >= 0.6 is 11.3 Å². The summed E-state index contributed by atoms with van der Waals surface area (Å²) in [6, 6.07) is -0.135. The minimum atomic E-state index is -0.873. The Bertz CT molecular complexity index is 569. The van der Waals surface area contributed by atoms with Gasteiger partial charge in [0.15, 0.2) is 5.13 Å². The van der Waals surface area contributed by atoms with Crippen molar-refractivity contribution < 1.29 is 9.00 Å². The molecule has 0 aromatic carbocycles. The molecule has 5 nitrogen and oxygen atoms in total. The van der Waals surface area contributed by atoms with E-state index in [1.54, 1.807) is 16.2 Å². The first-order valence-corrected chi connectivity index (χ1v) is 9.94. The molecule has 7 heteroatoms. The van der Waals surface area contributed by atoms with Crippen LogP contribution in [0.15, 0.2) is 0 Å². The second-order valence-electron chi connectivity index (χ2n) is 6.15. The highest BCUT2D eigenvalue weighted by atomic mass is 32.2. The Hall–Kier alpha value is -0.950. The van der Waals surface area contributed by atoms with Gasteiger partial charge in [0.25, 0.3) is 0 Å². The van der Waals surface area contributed by atoms with Crippen molar-refractivity contribution in [3.05, 3.63) is 10.6 Å². The molecule has 1 aliphatic heterocycles. The Balaban J connectivity index is 2.04. The predicted molar refractivity (Wildman–Crippen MR) is 93.2 cm³/mol. The smallest absolute Gasteiger partial charge is 0.322 e. The highest BCUT2D eigenvalue weighted by molar-refractivity contribution is 7.86. The molecular weight excluding hydrogens is 318 g/mol. The lowest BCUT2D eigenvalue weighted by Crippen LogP contribution is -2.53. The Morgan fingerprint density at radius 1 is 1.45 bits per heavy atom. The van der Waals surface area contributed by atoms with Crippen molar-refractivity contribution in [2.24, 2.45) is 0 Å². The number of aryl methyl sites for hydroxylation is 2. The minimum Gasteiger partial charge on any atom is -0.322 e. The van der Waals surface area contributed by atoms with Crippen LogP contribution in [0.1, 0.15) is 44.7 Å². The number of carbonyl (C=O) groups is 1. The fourth-order valence-corrected chi connectivity index (χ4v) is 4.75. The van der Waals surface area contributed by atoms with Crippen molar-refractivity contribution in [3.63, 3.8) is 0 Å². The Labute approximate surface area is 139 Å². The number of anilines is 1. The van der Waals surface area contributed by atoms with Crippen LogP contribution in [0, 0.1) is 0 Å². The van der Waals surface area contributed by atoms with E-state index in [2.05, 4.69) is 24.1 Å². The lowest BCUT2D eigenvalue weighted by Gasteiger charge is -2.36. The number of nitrogens with one attached hydrogen (secondary N) is 1. The summed E-state index contributed by atoms with van der Waals surface area (Å²) in [7, 11) is -0.873. The fraction of sp³-hybridized carbons (Fsp3) is 0.733. The quantitative estimate of drug-likeness (QED) is 0.914. The monoisotopic (exact) mass is 343 g/mol. The molecule has 124 valence electrons. The Morgan fingerprint density at radius 3 is 2.77 bits per heavy atom. The maximum Gasteiger partial charge on any atom is 0.323 e. The predicted octanol–water partition coefficient (Wildman–Crippen LogP) is 3.03. The highest BCUT2D eigenvalue weighted by Crippen LogP contribution is 2.26. The van der Waals surface area contributed by atoms with E-state index in [1.165, 1.54) is 4.88 Å². The second kappa shape index (κ2) is 7.08. The molecule has 2 rings (SSSR count). The summed E-state index contributed by atoms with van der Waals surface area (Å²) in [6.07, 6.45) is 2.94. The van der Waals surface area contributed by atoms with Crippen molar-refractivity contribution in [1.29, 1.82) is 0 Å². The normalized spacial score (nSPS) is 20.9. The van der Waals surface area contributed by atoms with Crippen LogP contribution in [0.3, 0.4) is 0 Å². The number of urea groups is 1. The van der Waals surface area contributed by atoms with Gasteiger partial charge < -0.3 is 4.90 Å². The first-order valence-electron chi connectivity index (χ1n) is 7.80. The molecule has 0 radical (unpaired) electrons. The van der Waals surface area contributed by atoms with Gasteiger partial charge in [0.05, 0.1) is 10.4 Å². The second-order valence-corrected chi connectivity index (χ2v) is 9.44. The number of hydrogen-bond acceptors (Lipinski definition) is 4. The zero-order valence-corrected chi connectivity index (χ0v) is 15.4. The van der Waals surface area contributed by atoms with Gasteiger partial charge in [-0.3, -0.25) is 9.53 Å². The van der Waals surface area contributed by atoms with Crippen LogP contribution in [0.4, 0.5) is 9.93 Å². The van der Waals surface area contributed by atoms with Gasteiger partial charge in [0.2, 0.25) is 0 Å². The highest BCUT2D eigenvalue weighted by Gasteiger charge is 2.35. The van der Waals surface area contributed by atoms with Gasteiger partial charge in [-0.2, -0.15) is 0 Å². The maximum atomic E-state index is 12.4. The number of thiazole rings is 1. The fourth-order valence-electron chi connectivity index (χ4n) is 2.57. The summed E-state index contributed by atoms with van der Waals surface area (Å²) in [4.78, 5) is 20.0. The Kier molecular flexibility index (Phi) is 5.60. The molecule has 1 aromatic rings. The first-order chi connectivity index (χ1) is 10.4. The number of nitrogens with zero attached hydrogens (tertiary/aromatic N) is 2. The van der Waals surface area contributed by atoms with E-state index < -0.39 is 10.8 Å². The number of rotatable bonds is 4. The zero-order chi connectivity index (χ0) is 16.3. The van der Waals surface area contributed by atoms with Crippen LogP contribution in [0.25, 0.3) is 0 Å². The van der Waals surface area contributed by atoms with E-state index in [1.807, 2.05) is 13.8 Å². The number of aromatic nitrogens is 1. The lowest BCUT2D eigenvalue weighted by molar-refractivity contribution is 0.207. The van der Waals surface area contributed by atoms with E-state index in [0.29, 0.717) is 24.0 Å². The van der Waals surface area contributed by atoms with Crippen LogP contribution in [-0.4, -0.2) is 43.7 Å². The average molecular weight is 344 g/mol. The van der Waals surface area contributed by atoms with Crippen molar-refractivity contribution >= 4 is 33.3 Å². The maximum absolute atomic E-state index is 12.4. The molecule has 2 amide bonds. The molecule has 0 unspecified atom stereocenters. The summed E-state index contributed by atoms with van der Waals surface area (Å²) in [5.74, 6) is 0.541. The van der Waals surface area contributed by atoms with Gasteiger partial charge in [0.1, 0.15) is 0 Å². The molecule has 22 heavy (non-hydrogen) atoms. The topological polar surface area (TPSA) is 62.3 Å². The summed E-state index contributed by atoms with van der Waals surface area (Å²) in [6.45, 7) is 9.18. The number of carbonyl (C=O) groups excluding carboxylic acids is 1. The third-order valence-corrected chi connectivity index (χ3v) is 6.89. The van der Waals surface area contributed by atoms with Crippen molar-refractivity contribution in [2.45, 2.75) is 51.7 Å². The zero-order valence-electron chi connectivity index (χ0n) is 13.8. The number of hydrogen-bond donors (Lipinski definition) is 1. The molecule has 2 heterocycles. The SMILES string of the molecule is CCCc1nc(NC(=O)N2CC[S@@](=O)C(C)(C)C2)sc1CC. The van der Waals surface area contributed by atoms with Crippen molar-refractivity contribution in [1.82, 2.24) is 9.88 Å². The van der Waals surface area contributed by atoms with Gasteiger partial charge in [-0.1, -0.05) is 20.3 Å². The Morgan fingerprint density at radius 2 is 2.18 bits per heavy atom. The lowest BCUT2D eigenvalue weighted by atomic mass is 10.2. The molecule has 1 fully saturated rings. The molecule has 0 aliphatic carbocycles. The van der Waals surface area contributed by atoms with E-state index in [0.717, 1.165) is 25.0 Å². The van der Waals surface area contributed by atoms with Gasteiger partial charge in [0, 0.05) is 34.5 Å². The molecule has 1 saturated heterocycles. The van der Waals surface area contributed by atoms with Gasteiger partial charge in [-0.05, 0) is 26.7 Å². The molecule has 1 N–H and O–H groups in total. The molecular formula is C15H25N3O2S2. The van der Waals surface area contributed by atoms with E-state index in [4.69, 9.17) is 0 Å². The van der Waals surface area contributed by atoms with Gasteiger partial charge >= 0.3 is 6.03 Å². The van der Waals surface area contributed by atoms with E-state index >= 15 is 0 Å². The van der Waals surface area contributed by atoms with Gasteiger partial charge in [-0.25, -0.2) is 9.78 Å². The van der Waals surface area contributed by atoms with Crippen LogP contribution in [0.2, 0.25) is 0 Å². The third kappa shape index (κ3) is 3.87. The van der Waals surface area contributed by atoms with Crippen molar-refractivity contribution in [2.75, 3.05) is 24.2 Å².